The summed E-state index contributed by atoms with van der Waals surface area (Å²) in [5, 5.41) is 3.96. The zero-order valence-electron chi connectivity index (χ0n) is 14.3. The van der Waals surface area contributed by atoms with E-state index in [-0.39, 0.29) is 11.4 Å². The van der Waals surface area contributed by atoms with Crippen molar-refractivity contribution in [2.45, 2.75) is 43.7 Å². The molecule has 1 aliphatic rings. The van der Waals surface area contributed by atoms with Crippen LogP contribution in [-0.2, 0) is 11.2 Å². The maximum absolute atomic E-state index is 11.8. The van der Waals surface area contributed by atoms with E-state index in [1.807, 2.05) is 18.4 Å². The van der Waals surface area contributed by atoms with Gasteiger partial charge in [0.15, 0.2) is 0 Å². The monoisotopic (exact) mass is 354 g/mol. The molecule has 0 atom stereocenters. The molecule has 0 radical (unpaired) electrons. The van der Waals surface area contributed by atoms with Crippen molar-refractivity contribution in [2.75, 3.05) is 26.1 Å². The van der Waals surface area contributed by atoms with Crippen molar-refractivity contribution in [3.8, 4) is 0 Å². The van der Waals surface area contributed by atoms with Crippen LogP contribution >= 0.6 is 23.4 Å². The third kappa shape index (κ3) is 5.13. The maximum atomic E-state index is 11.8. The van der Waals surface area contributed by atoms with Crippen molar-refractivity contribution in [3.05, 3.63) is 34.9 Å². The van der Waals surface area contributed by atoms with Crippen LogP contribution in [0.2, 0.25) is 5.02 Å². The van der Waals surface area contributed by atoms with Crippen LogP contribution in [0.3, 0.4) is 0 Å². The Bertz CT molecular complexity index is 510. The molecule has 0 aromatic heterocycles. The van der Waals surface area contributed by atoms with Crippen LogP contribution in [0, 0.1) is 0 Å². The lowest BCUT2D eigenvalue weighted by Gasteiger charge is -2.45. The molecule has 1 aliphatic carbocycles. The third-order valence-corrected chi connectivity index (χ3v) is 5.75. The Hall–Kier alpha value is -0.710. The number of nitrogens with zero attached hydrogens (tertiary/aromatic N) is 1. The van der Waals surface area contributed by atoms with Crippen molar-refractivity contribution in [2.24, 2.45) is 0 Å². The van der Waals surface area contributed by atoms with Crippen LogP contribution in [-0.4, -0.2) is 48.5 Å². The molecule has 0 spiro atoms. The highest BCUT2D eigenvalue weighted by atomic mass is 35.5. The molecule has 0 saturated heterocycles. The second-order valence-electron chi connectivity index (χ2n) is 6.70. The van der Waals surface area contributed by atoms with E-state index < -0.39 is 0 Å². The van der Waals surface area contributed by atoms with E-state index in [0.29, 0.717) is 11.8 Å². The quantitative estimate of drug-likeness (QED) is 0.847. The first-order valence-corrected chi connectivity index (χ1v) is 9.92. The van der Waals surface area contributed by atoms with Crippen molar-refractivity contribution >= 4 is 29.3 Å². The van der Waals surface area contributed by atoms with Gasteiger partial charge >= 0.3 is 0 Å². The number of carbonyl (C=O) groups excluding carboxylic acids is 1. The molecule has 1 amide bonds. The fourth-order valence-corrected chi connectivity index (χ4v) is 3.94. The number of rotatable bonds is 6. The first-order chi connectivity index (χ1) is 10.9. The molecule has 0 heterocycles. The summed E-state index contributed by atoms with van der Waals surface area (Å²) in [6, 6.07) is 8.51. The number of hydrogen-bond donors (Lipinski definition) is 1. The Balaban J connectivity index is 1.98. The summed E-state index contributed by atoms with van der Waals surface area (Å²) in [5.74, 6) is 0.720. The molecule has 1 N–H and O–H groups in total. The van der Waals surface area contributed by atoms with E-state index in [2.05, 4.69) is 36.4 Å². The third-order valence-electron chi connectivity index (χ3n) is 4.95. The lowest BCUT2D eigenvalue weighted by Crippen LogP contribution is -2.52. The number of carbonyl (C=O) groups is 1. The standard InChI is InChI=1S/C18H27ClN2OS/c1-21(2)18(12-14-4-6-15(19)7-5-14)10-8-16(9-11-18)20-17(22)13-23-3/h4-7,16H,8-13H2,1-3H3,(H,20,22). The van der Waals surface area contributed by atoms with Gasteiger partial charge < -0.3 is 10.2 Å². The predicted octanol–water partition coefficient (Wildman–Crippen LogP) is 3.60. The highest BCUT2D eigenvalue weighted by molar-refractivity contribution is 7.99. The minimum absolute atomic E-state index is 0.164. The van der Waals surface area contributed by atoms with Gasteiger partial charge in [-0.05, 0) is 70.2 Å². The fourth-order valence-electron chi connectivity index (χ4n) is 3.46. The number of halogens is 1. The molecule has 1 fully saturated rings. The molecule has 0 unspecified atom stereocenters. The molecule has 0 aliphatic heterocycles. The highest BCUT2D eigenvalue weighted by Crippen LogP contribution is 2.35. The zero-order valence-corrected chi connectivity index (χ0v) is 15.8. The summed E-state index contributed by atoms with van der Waals surface area (Å²) < 4.78 is 0. The normalized spacial score (nSPS) is 24.7. The highest BCUT2D eigenvalue weighted by Gasteiger charge is 2.37. The average molecular weight is 355 g/mol. The molecule has 5 heteroatoms. The van der Waals surface area contributed by atoms with Gasteiger partial charge in [-0.3, -0.25) is 4.79 Å². The number of likely N-dealkylation sites (N-methyl/N-ethyl adjacent to an activating group) is 1. The lowest BCUT2D eigenvalue weighted by molar-refractivity contribution is -0.119. The first-order valence-electron chi connectivity index (χ1n) is 8.15. The second-order valence-corrected chi connectivity index (χ2v) is 8.00. The zero-order chi connectivity index (χ0) is 16.9. The molecular formula is C18H27ClN2OS. The molecule has 1 saturated carbocycles. The molecule has 2 rings (SSSR count). The maximum Gasteiger partial charge on any atom is 0.230 e. The summed E-state index contributed by atoms with van der Waals surface area (Å²) in [6.07, 6.45) is 7.30. The van der Waals surface area contributed by atoms with Crippen molar-refractivity contribution in [3.63, 3.8) is 0 Å². The molecule has 23 heavy (non-hydrogen) atoms. The summed E-state index contributed by atoms with van der Waals surface area (Å²) >= 11 is 7.57. The Morgan fingerprint density at radius 3 is 2.43 bits per heavy atom. The van der Waals surface area contributed by atoms with E-state index >= 15 is 0 Å². The Labute approximate surface area is 149 Å². The SMILES string of the molecule is CSCC(=O)NC1CCC(Cc2ccc(Cl)cc2)(N(C)C)CC1. The fraction of sp³-hybridized carbons (Fsp3) is 0.611. The van der Waals surface area contributed by atoms with Crippen LogP contribution in [0.15, 0.2) is 24.3 Å². The summed E-state index contributed by atoms with van der Waals surface area (Å²) in [7, 11) is 4.34. The Kier molecular flexibility index (Phi) is 6.81. The van der Waals surface area contributed by atoms with Crippen molar-refractivity contribution < 1.29 is 4.79 Å². The molecular weight excluding hydrogens is 328 g/mol. The minimum atomic E-state index is 0.164. The van der Waals surface area contributed by atoms with Gasteiger partial charge in [-0.1, -0.05) is 23.7 Å². The minimum Gasteiger partial charge on any atom is -0.353 e. The number of hydrogen-bond acceptors (Lipinski definition) is 3. The van der Waals surface area contributed by atoms with Crippen LogP contribution in [0.1, 0.15) is 31.2 Å². The van der Waals surface area contributed by atoms with E-state index in [1.54, 1.807) is 11.8 Å². The number of nitrogens with one attached hydrogen (secondary N) is 1. The Morgan fingerprint density at radius 2 is 1.91 bits per heavy atom. The van der Waals surface area contributed by atoms with Crippen LogP contribution in [0.25, 0.3) is 0 Å². The van der Waals surface area contributed by atoms with Gasteiger partial charge in [-0.2, -0.15) is 11.8 Å². The van der Waals surface area contributed by atoms with E-state index in [1.165, 1.54) is 5.56 Å². The van der Waals surface area contributed by atoms with Gasteiger partial charge in [0, 0.05) is 16.6 Å². The smallest absolute Gasteiger partial charge is 0.230 e. The van der Waals surface area contributed by atoms with E-state index in [0.717, 1.165) is 37.1 Å². The summed E-state index contributed by atoms with van der Waals surface area (Å²) in [5.41, 5.74) is 1.50. The van der Waals surface area contributed by atoms with Gasteiger partial charge in [-0.15, -0.1) is 0 Å². The predicted molar refractivity (Wildman–Crippen MR) is 100 cm³/mol. The summed E-state index contributed by atoms with van der Waals surface area (Å²) in [6.45, 7) is 0. The first kappa shape index (κ1) is 18.6. The molecule has 3 nitrogen and oxygen atoms in total. The molecule has 0 bridgehead atoms. The molecule has 1 aromatic rings. The van der Waals surface area contributed by atoms with Crippen LogP contribution in [0.5, 0.6) is 0 Å². The number of benzene rings is 1. The summed E-state index contributed by atoms with van der Waals surface area (Å²) in [4.78, 5) is 14.1. The van der Waals surface area contributed by atoms with Gasteiger partial charge in [-0.25, -0.2) is 0 Å². The van der Waals surface area contributed by atoms with Gasteiger partial charge in [0.2, 0.25) is 5.91 Å². The van der Waals surface area contributed by atoms with Gasteiger partial charge in [0.25, 0.3) is 0 Å². The molecule has 1 aromatic carbocycles. The van der Waals surface area contributed by atoms with Gasteiger partial charge in [0.1, 0.15) is 0 Å². The topological polar surface area (TPSA) is 32.3 Å². The van der Waals surface area contributed by atoms with E-state index in [4.69, 9.17) is 11.6 Å². The van der Waals surface area contributed by atoms with Crippen LogP contribution in [0.4, 0.5) is 0 Å². The Morgan fingerprint density at radius 1 is 1.30 bits per heavy atom. The van der Waals surface area contributed by atoms with E-state index in [9.17, 15) is 4.79 Å². The van der Waals surface area contributed by atoms with Gasteiger partial charge in [0.05, 0.1) is 5.75 Å². The second kappa shape index (κ2) is 8.41. The van der Waals surface area contributed by atoms with Crippen LogP contribution < -0.4 is 5.32 Å². The average Bonchev–Trinajstić information content (AvgIpc) is 2.52. The lowest BCUT2D eigenvalue weighted by atomic mass is 9.75. The van der Waals surface area contributed by atoms with Crippen molar-refractivity contribution in [1.29, 1.82) is 0 Å². The molecule has 128 valence electrons. The number of amides is 1. The number of thioether (sulfide) groups is 1. The van der Waals surface area contributed by atoms with Crippen molar-refractivity contribution in [1.82, 2.24) is 10.2 Å². The largest absolute Gasteiger partial charge is 0.353 e.